The van der Waals surface area contributed by atoms with E-state index in [2.05, 4.69) is 10.3 Å². The van der Waals surface area contributed by atoms with E-state index >= 15 is 0 Å². The van der Waals surface area contributed by atoms with E-state index in [0.29, 0.717) is 0 Å². The summed E-state index contributed by atoms with van der Waals surface area (Å²) in [6.07, 6.45) is 0.978. The van der Waals surface area contributed by atoms with Crippen LogP contribution in [0.4, 0.5) is 4.39 Å². The second kappa shape index (κ2) is 7.17. The first-order valence-electron chi connectivity index (χ1n) is 5.77. The Hall–Kier alpha value is -2.51. The van der Waals surface area contributed by atoms with E-state index in [9.17, 15) is 18.8 Å². The van der Waals surface area contributed by atoms with Gasteiger partial charge in [-0.25, -0.2) is 9.78 Å². The third kappa shape index (κ3) is 4.63. The van der Waals surface area contributed by atoms with Crippen molar-refractivity contribution < 1.29 is 29.0 Å². The van der Waals surface area contributed by atoms with Crippen molar-refractivity contribution in [1.29, 1.82) is 0 Å². The number of rotatable bonds is 7. The number of carbonyl (C=O) groups is 3. The summed E-state index contributed by atoms with van der Waals surface area (Å²) < 4.78 is 13.3. The lowest BCUT2D eigenvalue weighted by Gasteiger charge is -2.14. The highest BCUT2D eigenvalue weighted by atomic mass is 19.1. The Balaban J connectivity index is 2.66. The molecule has 0 aliphatic heterocycles. The van der Waals surface area contributed by atoms with Crippen molar-refractivity contribution in [3.05, 3.63) is 29.8 Å². The number of carboxylic acids is 2. The lowest BCUT2D eigenvalue weighted by Crippen LogP contribution is -2.41. The fourth-order valence-corrected chi connectivity index (χ4v) is 1.51. The fourth-order valence-electron chi connectivity index (χ4n) is 1.51. The molecule has 0 aromatic carbocycles. The molecule has 8 heteroatoms. The lowest BCUT2D eigenvalue weighted by molar-refractivity contribution is -0.140. The molecular weight excluding hydrogens is 271 g/mol. The number of hydrogen-bond acceptors (Lipinski definition) is 4. The largest absolute Gasteiger partial charge is 0.481 e. The van der Waals surface area contributed by atoms with Gasteiger partial charge in [-0.15, -0.1) is 0 Å². The molecule has 1 atom stereocenters. The Kier molecular flexibility index (Phi) is 5.57. The van der Waals surface area contributed by atoms with Crippen molar-refractivity contribution in [3.8, 4) is 0 Å². The molecule has 1 heterocycles. The van der Waals surface area contributed by atoms with Crippen LogP contribution in [0, 0.1) is 5.95 Å². The van der Waals surface area contributed by atoms with Gasteiger partial charge in [-0.1, -0.05) is 0 Å². The Morgan fingerprint density at radius 1 is 1.35 bits per heavy atom. The Labute approximate surface area is 113 Å². The van der Waals surface area contributed by atoms with Crippen molar-refractivity contribution in [1.82, 2.24) is 10.3 Å². The predicted molar refractivity (Wildman–Crippen MR) is 64.6 cm³/mol. The van der Waals surface area contributed by atoms with Gasteiger partial charge in [-0.2, -0.15) is 4.39 Å². The van der Waals surface area contributed by atoms with E-state index in [4.69, 9.17) is 10.2 Å². The van der Waals surface area contributed by atoms with Crippen LogP contribution >= 0.6 is 0 Å². The minimum atomic E-state index is -1.31. The van der Waals surface area contributed by atoms with Gasteiger partial charge in [0.1, 0.15) is 6.04 Å². The van der Waals surface area contributed by atoms with Gasteiger partial charge in [-0.3, -0.25) is 9.59 Å². The van der Waals surface area contributed by atoms with Gasteiger partial charge >= 0.3 is 11.9 Å². The van der Waals surface area contributed by atoms with Crippen molar-refractivity contribution in [2.24, 2.45) is 0 Å². The van der Waals surface area contributed by atoms with Gasteiger partial charge in [0.15, 0.2) is 0 Å². The molecule has 108 valence electrons. The number of nitrogens with zero attached hydrogens (tertiary/aromatic N) is 1. The molecule has 0 bridgehead atoms. The van der Waals surface area contributed by atoms with Crippen molar-refractivity contribution in [2.75, 3.05) is 0 Å². The van der Waals surface area contributed by atoms with Crippen LogP contribution < -0.4 is 5.32 Å². The van der Waals surface area contributed by atoms with Gasteiger partial charge in [0.05, 0.1) is 5.56 Å². The summed E-state index contributed by atoms with van der Waals surface area (Å²) in [6.45, 7) is 0. The van der Waals surface area contributed by atoms with Crippen LogP contribution in [0.2, 0.25) is 0 Å². The monoisotopic (exact) mass is 284 g/mol. The average Bonchev–Trinajstić information content (AvgIpc) is 2.37. The zero-order valence-electron chi connectivity index (χ0n) is 10.4. The lowest BCUT2D eigenvalue weighted by atomic mass is 10.1. The molecule has 1 aromatic heterocycles. The maximum atomic E-state index is 13.3. The molecule has 0 radical (unpaired) electrons. The standard InChI is InChI=1S/C12H13FN2O5/c13-10-7(3-2-6-14-10)11(18)15-8(12(19)20)4-1-5-9(16)17/h2-3,6,8H,1,4-5H2,(H,15,18)(H,16,17)(H,19,20)/t8-/m1/s1. The normalized spacial score (nSPS) is 11.7. The molecule has 0 fully saturated rings. The summed E-state index contributed by atoms with van der Waals surface area (Å²) in [5, 5.41) is 19.5. The molecule has 0 unspecified atom stereocenters. The smallest absolute Gasteiger partial charge is 0.326 e. The number of nitrogens with one attached hydrogen (secondary N) is 1. The molecule has 7 nitrogen and oxygen atoms in total. The number of halogens is 1. The number of hydrogen-bond donors (Lipinski definition) is 3. The first-order chi connectivity index (χ1) is 9.41. The molecule has 1 aromatic rings. The first kappa shape index (κ1) is 15.5. The molecular formula is C12H13FN2O5. The van der Waals surface area contributed by atoms with E-state index < -0.39 is 29.8 Å². The summed E-state index contributed by atoms with van der Waals surface area (Å²) in [4.78, 5) is 36.3. The fraction of sp³-hybridized carbons (Fsp3) is 0.333. The number of pyridine rings is 1. The van der Waals surface area contributed by atoms with Crippen LogP contribution in [0.25, 0.3) is 0 Å². The van der Waals surface area contributed by atoms with E-state index in [-0.39, 0.29) is 24.8 Å². The summed E-state index contributed by atoms with van der Waals surface area (Å²) in [5.41, 5.74) is -0.364. The maximum Gasteiger partial charge on any atom is 0.326 e. The van der Waals surface area contributed by atoms with Crippen molar-refractivity contribution in [3.63, 3.8) is 0 Å². The molecule has 1 amide bonds. The highest BCUT2D eigenvalue weighted by molar-refractivity contribution is 5.96. The Bertz CT molecular complexity index is 520. The second-order valence-electron chi connectivity index (χ2n) is 3.99. The van der Waals surface area contributed by atoms with Gasteiger partial charge in [-0.05, 0) is 25.0 Å². The minimum Gasteiger partial charge on any atom is -0.481 e. The summed E-state index contributed by atoms with van der Waals surface area (Å²) in [7, 11) is 0. The second-order valence-corrected chi connectivity index (χ2v) is 3.99. The van der Waals surface area contributed by atoms with Gasteiger partial charge < -0.3 is 15.5 Å². The van der Waals surface area contributed by atoms with E-state index in [1.165, 1.54) is 12.1 Å². The Morgan fingerprint density at radius 3 is 2.60 bits per heavy atom. The van der Waals surface area contributed by atoms with E-state index in [1.807, 2.05) is 0 Å². The van der Waals surface area contributed by atoms with Crippen LogP contribution in [0.5, 0.6) is 0 Å². The summed E-state index contributed by atoms with van der Waals surface area (Å²) >= 11 is 0. The molecule has 1 rings (SSSR count). The summed E-state index contributed by atoms with van der Waals surface area (Å²) in [5.74, 6) is -4.27. The number of amides is 1. The Morgan fingerprint density at radius 2 is 2.05 bits per heavy atom. The highest BCUT2D eigenvalue weighted by Crippen LogP contribution is 2.06. The molecule has 3 N–H and O–H groups in total. The number of carboxylic acid groups (broad SMARTS) is 2. The van der Waals surface area contributed by atoms with Gasteiger partial charge in [0.25, 0.3) is 5.91 Å². The highest BCUT2D eigenvalue weighted by Gasteiger charge is 2.22. The first-order valence-corrected chi connectivity index (χ1v) is 5.77. The van der Waals surface area contributed by atoms with Gasteiger partial charge in [0, 0.05) is 12.6 Å². The summed E-state index contributed by atoms with van der Waals surface area (Å²) in [6, 6.07) is 1.24. The van der Waals surface area contributed by atoms with Crippen molar-refractivity contribution in [2.45, 2.75) is 25.3 Å². The molecule has 0 saturated carbocycles. The van der Waals surface area contributed by atoms with Crippen molar-refractivity contribution >= 4 is 17.8 Å². The van der Waals surface area contributed by atoms with Crippen LogP contribution in [0.3, 0.4) is 0 Å². The zero-order chi connectivity index (χ0) is 15.1. The molecule has 0 aliphatic rings. The van der Waals surface area contributed by atoms with Crippen LogP contribution in [-0.2, 0) is 9.59 Å². The molecule has 0 spiro atoms. The third-order valence-electron chi connectivity index (χ3n) is 2.49. The van der Waals surface area contributed by atoms with E-state index in [0.717, 1.165) is 6.20 Å². The average molecular weight is 284 g/mol. The maximum absolute atomic E-state index is 13.3. The minimum absolute atomic E-state index is 0.0603. The van der Waals surface area contributed by atoms with Gasteiger partial charge in [0.2, 0.25) is 5.95 Å². The van der Waals surface area contributed by atoms with Crippen LogP contribution in [-0.4, -0.2) is 39.1 Å². The number of carbonyl (C=O) groups excluding carboxylic acids is 1. The topological polar surface area (TPSA) is 117 Å². The SMILES string of the molecule is O=C(O)CCC[C@@H](NC(=O)c1cccnc1F)C(=O)O. The zero-order valence-corrected chi connectivity index (χ0v) is 10.4. The van der Waals surface area contributed by atoms with Crippen LogP contribution in [0.15, 0.2) is 18.3 Å². The quantitative estimate of drug-likeness (QED) is 0.633. The van der Waals surface area contributed by atoms with E-state index in [1.54, 1.807) is 0 Å². The molecule has 0 aliphatic carbocycles. The molecule has 0 saturated heterocycles. The third-order valence-corrected chi connectivity index (χ3v) is 2.49. The molecule has 20 heavy (non-hydrogen) atoms. The predicted octanol–water partition coefficient (Wildman–Crippen LogP) is 0.659. The van der Waals surface area contributed by atoms with Crippen LogP contribution in [0.1, 0.15) is 29.6 Å². The number of aliphatic carboxylic acids is 2. The number of aromatic nitrogens is 1.